The average Bonchev–Trinajstić information content (AvgIpc) is 2.31. The van der Waals surface area contributed by atoms with Crippen LogP contribution < -0.4 is 10.5 Å². The second-order valence-electron chi connectivity index (χ2n) is 3.68. The Morgan fingerprint density at radius 2 is 2.12 bits per heavy atom. The highest BCUT2D eigenvalue weighted by atomic mass is 79.9. The van der Waals surface area contributed by atoms with Crippen molar-refractivity contribution in [1.29, 1.82) is 0 Å². The van der Waals surface area contributed by atoms with Gasteiger partial charge in [0, 0.05) is 28.3 Å². The van der Waals surface area contributed by atoms with Gasteiger partial charge in [0.2, 0.25) is 5.88 Å². The maximum absolute atomic E-state index is 5.72. The van der Waals surface area contributed by atoms with E-state index in [0.29, 0.717) is 12.4 Å². The first kappa shape index (κ1) is 12.1. The number of halogens is 1. The molecule has 0 saturated carbocycles. The summed E-state index contributed by atoms with van der Waals surface area (Å²) in [7, 11) is 0. The minimum absolute atomic E-state index is 0.431. The van der Waals surface area contributed by atoms with Crippen molar-refractivity contribution in [1.82, 2.24) is 4.98 Å². The molecule has 0 aliphatic carbocycles. The fraction of sp³-hybridized carbons (Fsp3) is 0.154. The molecule has 1 aromatic heterocycles. The Morgan fingerprint density at radius 3 is 2.82 bits per heavy atom. The molecule has 2 aromatic rings. The largest absolute Gasteiger partial charge is 0.439 e. The van der Waals surface area contributed by atoms with Crippen LogP contribution >= 0.6 is 15.9 Å². The molecule has 17 heavy (non-hydrogen) atoms. The molecule has 1 heterocycles. The third-order valence-corrected chi connectivity index (χ3v) is 2.81. The molecular formula is C13H13BrN2O. The summed E-state index contributed by atoms with van der Waals surface area (Å²) >= 11 is 3.41. The number of ether oxygens (including phenoxy) is 1. The zero-order chi connectivity index (χ0) is 12.3. The quantitative estimate of drug-likeness (QED) is 0.943. The van der Waals surface area contributed by atoms with Crippen LogP contribution in [0.1, 0.15) is 11.3 Å². The normalized spacial score (nSPS) is 10.3. The number of rotatable bonds is 3. The summed E-state index contributed by atoms with van der Waals surface area (Å²) in [6.45, 7) is 2.36. The van der Waals surface area contributed by atoms with Gasteiger partial charge in [-0.25, -0.2) is 4.98 Å². The van der Waals surface area contributed by atoms with Crippen LogP contribution in [0.5, 0.6) is 11.6 Å². The van der Waals surface area contributed by atoms with Crippen molar-refractivity contribution in [3.05, 3.63) is 52.1 Å². The second-order valence-corrected chi connectivity index (χ2v) is 4.59. The summed E-state index contributed by atoms with van der Waals surface area (Å²) in [6.07, 6.45) is 0. The van der Waals surface area contributed by atoms with Gasteiger partial charge in [0.05, 0.1) is 0 Å². The van der Waals surface area contributed by atoms with Crippen molar-refractivity contribution < 1.29 is 4.74 Å². The van der Waals surface area contributed by atoms with Gasteiger partial charge in [-0.1, -0.05) is 22.0 Å². The minimum Gasteiger partial charge on any atom is -0.439 e. The fourth-order valence-corrected chi connectivity index (χ4v) is 1.90. The van der Waals surface area contributed by atoms with Crippen LogP contribution in [-0.4, -0.2) is 4.98 Å². The third-order valence-electron chi connectivity index (χ3n) is 2.32. The highest BCUT2D eigenvalue weighted by Gasteiger charge is 2.05. The molecule has 0 bridgehead atoms. The van der Waals surface area contributed by atoms with Gasteiger partial charge in [0.15, 0.2) is 0 Å². The standard InChI is InChI=1S/C13H13BrN2O/c1-9-3-2-4-13(16-9)17-12-6-5-11(14)7-10(12)8-15/h2-7H,8,15H2,1H3. The Hall–Kier alpha value is -1.39. The summed E-state index contributed by atoms with van der Waals surface area (Å²) in [4.78, 5) is 4.29. The van der Waals surface area contributed by atoms with E-state index in [2.05, 4.69) is 20.9 Å². The van der Waals surface area contributed by atoms with Gasteiger partial charge >= 0.3 is 0 Å². The Labute approximate surface area is 109 Å². The molecule has 0 fully saturated rings. The average molecular weight is 293 g/mol. The SMILES string of the molecule is Cc1cccc(Oc2ccc(Br)cc2CN)n1. The molecule has 0 atom stereocenters. The number of hydrogen-bond acceptors (Lipinski definition) is 3. The molecule has 88 valence electrons. The van der Waals surface area contributed by atoms with E-state index in [1.807, 2.05) is 43.3 Å². The number of nitrogens with zero attached hydrogens (tertiary/aromatic N) is 1. The fourth-order valence-electron chi connectivity index (χ4n) is 1.49. The van der Waals surface area contributed by atoms with Crippen LogP contribution in [-0.2, 0) is 6.54 Å². The lowest BCUT2D eigenvalue weighted by Gasteiger charge is -2.09. The number of hydrogen-bond donors (Lipinski definition) is 1. The lowest BCUT2D eigenvalue weighted by atomic mass is 10.2. The highest BCUT2D eigenvalue weighted by Crippen LogP contribution is 2.26. The van der Waals surface area contributed by atoms with E-state index in [9.17, 15) is 0 Å². The van der Waals surface area contributed by atoms with Gasteiger partial charge in [0.1, 0.15) is 5.75 Å². The zero-order valence-corrected chi connectivity index (χ0v) is 11.1. The van der Waals surface area contributed by atoms with E-state index in [0.717, 1.165) is 21.5 Å². The van der Waals surface area contributed by atoms with E-state index < -0.39 is 0 Å². The van der Waals surface area contributed by atoms with E-state index in [4.69, 9.17) is 10.5 Å². The number of aryl methyl sites for hydroxylation is 1. The number of nitrogens with two attached hydrogens (primary N) is 1. The van der Waals surface area contributed by atoms with Crippen molar-refractivity contribution in [2.45, 2.75) is 13.5 Å². The molecular weight excluding hydrogens is 280 g/mol. The van der Waals surface area contributed by atoms with E-state index in [1.54, 1.807) is 0 Å². The van der Waals surface area contributed by atoms with Gasteiger partial charge in [-0.15, -0.1) is 0 Å². The minimum atomic E-state index is 0.431. The van der Waals surface area contributed by atoms with Gasteiger partial charge in [-0.2, -0.15) is 0 Å². The molecule has 0 saturated heterocycles. The van der Waals surface area contributed by atoms with Crippen LogP contribution in [0.3, 0.4) is 0 Å². The second kappa shape index (κ2) is 5.29. The molecule has 1 aromatic carbocycles. The Morgan fingerprint density at radius 1 is 1.29 bits per heavy atom. The Bertz CT molecular complexity index is 529. The van der Waals surface area contributed by atoms with Crippen molar-refractivity contribution in [2.24, 2.45) is 5.73 Å². The lowest BCUT2D eigenvalue weighted by molar-refractivity contribution is 0.456. The first-order valence-corrected chi connectivity index (χ1v) is 6.08. The van der Waals surface area contributed by atoms with Crippen LogP contribution in [0, 0.1) is 6.92 Å². The maximum atomic E-state index is 5.72. The van der Waals surface area contributed by atoms with Gasteiger partial charge < -0.3 is 10.5 Å². The summed E-state index contributed by atoms with van der Waals surface area (Å²) in [5, 5.41) is 0. The van der Waals surface area contributed by atoms with Crippen LogP contribution in [0.4, 0.5) is 0 Å². The highest BCUT2D eigenvalue weighted by molar-refractivity contribution is 9.10. The summed E-state index contributed by atoms with van der Waals surface area (Å²) in [5.41, 5.74) is 7.55. The van der Waals surface area contributed by atoms with Gasteiger partial charge in [0.25, 0.3) is 0 Å². The van der Waals surface area contributed by atoms with E-state index >= 15 is 0 Å². The monoisotopic (exact) mass is 292 g/mol. The van der Waals surface area contributed by atoms with Crippen molar-refractivity contribution in [2.75, 3.05) is 0 Å². The molecule has 0 spiro atoms. The zero-order valence-electron chi connectivity index (χ0n) is 9.48. The van der Waals surface area contributed by atoms with Gasteiger partial charge in [-0.3, -0.25) is 0 Å². The molecule has 0 aliphatic heterocycles. The molecule has 0 unspecified atom stereocenters. The van der Waals surface area contributed by atoms with Crippen molar-refractivity contribution in [3.63, 3.8) is 0 Å². The predicted octanol–water partition coefficient (Wildman–Crippen LogP) is 3.40. The maximum Gasteiger partial charge on any atom is 0.219 e. The number of pyridine rings is 1. The summed E-state index contributed by atoms with van der Waals surface area (Å²) in [5.74, 6) is 1.33. The predicted molar refractivity (Wildman–Crippen MR) is 71.1 cm³/mol. The molecule has 0 amide bonds. The van der Waals surface area contributed by atoms with Crippen molar-refractivity contribution in [3.8, 4) is 11.6 Å². The third kappa shape index (κ3) is 3.05. The molecule has 3 nitrogen and oxygen atoms in total. The van der Waals surface area contributed by atoms with Crippen LogP contribution in [0.15, 0.2) is 40.9 Å². The van der Waals surface area contributed by atoms with E-state index in [1.165, 1.54) is 0 Å². The molecule has 0 radical (unpaired) electrons. The van der Waals surface area contributed by atoms with Crippen LogP contribution in [0.25, 0.3) is 0 Å². The number of aromatic nitrogens is 1. The van der Waals surface area contributed by atoms with Gasteiger partial charge in [-0.05, 0) is 31.2 Å². The van der Waals surface area contributed by atoms with Crippen LogP contribution in [0.2, 0.25) is 0 Å². The topological polar surface area (TPSA) is 48.1 Å². The van der Waals surface area contributed by atoms with E-state index in [-0.39, 0.29) is 0 Å². The molecule has 4 heteroatoms. The first-order valence-electron chi connectivity index (χ1n) is 5.29. The number of benzene rings is 1. The summed E-state index contributed by atoms with van der Waals surface area (Å²) < 4.78 is 6.71. The molecule has 0 aliphatic rings. The smallest absolute Gasteiger partial charge is 0.219 e. The molecule has 2 N–H and O–H groups in total. The summed E-state index contributed by atoms with van der Waals surface area (Å²) in [6, 6.07) is 11.4. The first-order chi connectivity index (χ1) is 8.19. The Kier molecular flexibility index (Phi) is 3.76. The lowest BCUT2D eigenvalue weighted by Crippen LogP contribution is -2.00. The Balaban J connectivity index is 2.29. The molecule has 2 rings (SSSR count). The van der Waals surface area contributed by atoms with Crippen molar-refractivity contribution >= 4 is 15.9 Å².